The zero-order valence-corrected chi connectivity index (χ0v) is 16.9. The van der Waals surface area contributed by atoms with E-state index < -0.39 is 0 Å². The van der Waals surface area contributed by atoms with Crippen LogP contribution in [0.25, 0.3) is 0 Å². The van der Waals surface area contributed by atoms with Crippen LogP contribution in [0, 0.1) is 19.8 Å². The van der Waals surface area contributed by atoms with Crippen LogP contribution in [0.5, 0.6) is 5.75 Å². The Morgan fingerprint density at radius 1 is 1.30 bits per heavy atom. The molecule has 3 rings (SSSR count). The van der Waals surface area contributed by atoms with Gasteiger partial charge < -0.3 is 15.3 Å². The van der Waals surface area contributed by atoms with E-state index in [1.807, 2.05) is 43.9 Å². The molecule has 0 bridgehead atoms. The van der Waals surface area contributed by atoms with E-state index in [1.165, 1.54) is 12.0 Å². The first-order chi connectivity index (χ1) is 13.0. The summed E-state index contributed by atoms with van der Waals surface area (Å²) in [6, 6.07) is 4.04. The Balaban J connectivity index is 1.65. The molecule has 146 valence electrons. The van der Waals surface area contributed by atoms with Crippen LogP contribution in [0.3, 0.4) is 0 Å². The molecule has 1 fully saturated rings. The van der Waals surface area contributed by atoms with Crippen molar-refractivity contribution in [2.75, 3.05) is 19.6 Å². The molecule has 0 amide bonds. The predicted octanol–water partition coefficient (Wildman–Crippen LogP) is 2.77. The van der Waals surface area contributed by atoms with E-state index in [1.54, 1.807) is 0 Å². The number of benzene rings is 1. The molecule has 0 spiro atoms. The lowest BCUT2D eigenvalue weighted by molar-refractivity contribution is 0.459. The minimum atomic E-state index is 0.382. The molecule has 27 heavy (non-hydrogen) atoms. The summed E-state index contributed by atoms with van der Waals surface area (Å²) in [6.07, 6.45) is 6.33. The number of likely N-dealkylation sites (tertiary alicyclic amines) is 1. The van der Waals surface area contributed by atoms with E-state index in [4.69, 9.17) is 4.99 Å². The van der Waals surface area contributed by atoms with Crippen LogP contribution in [-0.4, -0.2) is 45.4 Å². The summed E-state index contributed by atoms with van der Waals surface area (Å²) in [5, 5.41) is 17.7. The first-order valence-electron chi connectivity index (χ1n) is 9.76. The highest BCUT2D eigenvalue weighted by molar-refractivity contribution is 5.80. The van der Waals surface area contributed by atoms with Crippen LogP contribution in [0.2, 0.25) is 0 Å². The quantitative estimate of drug-likeness (QED) is 0.628. The summed E-state index contributed by atoms with van der Waals surface area (Å²) in [6.45, 7) is 9.51. The fourth-order valence-corrected chi connectivity index (χ4v) is 3.83. The summed E-state index contributed by atoms with van der Waals surface area (Å²) >= 11 is 0. The van der Waals surface area contributed by atoms with Gasteiger partial charge >= 0.3 is 0 Å². The van der Waals surface area contributed by atoms with E-state index in [0.29, 0.717) is 18.2 Å². The molecule has 1 saturated heterocycles. The number of hydrogen-bond acceptors (Lipinski definition) is 3. The summed E-state index contributed by atoms with van der Waals surface area (Å²) in [4.78, 5) is 7.22. The molecule has 1 aliphatic heterocycles. The van der Waals surface area contributed by atoms with Crippen LogP contribution in [0.1, 0.15) is 35.6 Å². The van der Waals surface area contributed by atoms with E-state index >= 15 is 0 Å². The van der Waals surface area contributed by atoms with Crippen molar-refractivity contribution in [3.8, 4) is 5.75 Å². The molecule has 2 N–H and O–H groups in total. The normalized spacial score (nSPS) is 17.6. The first-order valence-corrected chi connectivity index (χ1v) is 9.76. The number of aromatic nitrogens is 2. The maximum Gasteiger partial charge on any atom is 0.194 e. The lowest BCUT2D eigenvalue weighted by Crippen LogP contribution is -2.40. The van der Waals surface area contributed by atoms with E-state index in [2.05, 4.69) is 28.4 Å². The number of aliphatic imine (C=N–C) groups is 1. The standard InChI is InChI=1S/C21H31N5O/c1-5-22-21(23-11-18-8-15(2)20(27)16(3)9-18)26-7-6-17(14-26)10-19-12-24-25(4)13-19/h8-9,12-13,17,27H,5-7,10-11,14H2,1-4H3,(H,22,23). The molecular weight excluding hydrogens is 338 g/mol. The average molecular weight is 370 g/mol. The Morgan fingerprint density at radius 2 is 2.04 bits per heavy atom. The van der Waals surface area contributed by atoms with Gasteiger partial charge in [0.15, 0.2) is 5.96 Å². The largest absolute Gasteiger partial charge is 0.507 e. The van der Waals surface area contributed by atoms with Crippen molar-refractivity contribution in [1.29, 1.82) is 0 Å². The second-order valence-electron chi connectivity index (χ2n) is 7.58. The molecule has 1 atom stereocenters. The number of phenols is 1. The lowest BCUT2D eigenvalue weighted by atomic mass is 10.0. The maximum atomic E-state index is 9.95. The van der Waals surface area contributed by atoms with Crippen molar-refractivity contribution in [2.24, 2.45) is 18.0 Å². The van der Waals surface area contributed by atoms with E-state index in [0.717, 1.165) is 48.7 Å². The van der Waals surface area contributed by atoms with Gasteiger partial charge in [-0.2, -0.15) is 5.10 Å². The van der Waals surface area contributed by atoms with Gasteiger partial charge in [0.1, 0.15) is 5.75 Å². The van der Waals surface area contributed by atoms with E-state index in [-0.39, 0.29) is 0 Å². The Morgan fingerprint density at radius 3 is 2.67 bits per heavy atom. The van der Waals surface area contributed by atoms with E-state index in [9.17, 15) is 5.11 Å². The van der Waals surface area contributed by atoms with Crippen LogP contribution in [0.4, 0.5) is 0 Å². The molecule has 1 aliphatic rings. The number of aromatic hydroxyl groups is 1. The first kappa shape index (κ1) is 19.3. The van der Waals surface area contributed by atoms with Crippen molar-refractivity contribution in [3.05, 3.63) is 46.8 Å². The van der Waals surface area contributed by atoms with Crippen LogP contribution in [-0.2, 0) is 20.0 Å². The molecule has 2 heterocycles. The molecule has 6 heteroatoms. The zero-order chi connectivity index (χ0) is 19.4. The topological polar surface area (TPSA) is 65.7 Å². The van der Waals surface area contributed by atoms with Crippen LogP contribution >= 0.6 is 0 Å². The predicted molar refractivity (Wildman–Crippen MR) is 109 cm³/mol. The fraction of sp³-hybridized carbons (Fsp3) is 0.524. The van der Waals surface area contributed by atoms with Gasteiger partial charge in [-0.1, -0.05) is 12.1 Å². The summed E-state index contributed by atoms with van der Waals surface area (Å²) in [7, 11) is 1.97. The highest BCUT2D eigenvalue weighted by atomic mass is 16.3. The second-order valence-corrected chi connectivity index (χ2v) is 7.58. The number of rotatable bonds is 5. The van der Waals surface area contributed by atoms with Crippen molar-refractivity contribution in [2.45, 2.75) is 40.2 Å². The number of guanidine groups is 1. The van der Waals surface area contributed by atoms with Crippen LogP contribution < -0.4 is 5.32 Å². The highest BCUT2D eigenvalue weighted by Crippen LogP contribution is 2.24. The molecule has 0 aliphatic carbocycles. The van der Waals surface area contributed by atoms with Crippen molar-refractivity contribution < 1.29 is 5.11 Å². The third-order valence-corrected chi connectivity index (χ3v) is 5.17. The van der Waals surface area contributed by atoms with Gasteiger partial charge in [0.2, 0.25) is 0 Å². The molecule has 6 nitrogen and oxygen atoms in total. The van der Waals surface area contributed by atoms with Crippen molar-refractivity contribution >= 4 is 5.96 Å². The monoisotopic (exact) mass is 369 g/mol. The highest BCUT2D eigenvalue weighted by Gasteiger charge is 2.25. The Bertz CT molecular complexity index is 788. The average Bonchev–Trinajstić information content (AvgIpc) is 3.25. The minimum Gasteiger partial charge on any atom is -0.507 e. The number of phenolic OH excluding ortho intramolecular Hbond substituents is 1. The molecule has 0 saturated carbocycles. The maximum absolute atomic E-state index is 9.95. The van der Waals surface area contributed by atoms with Crippen molar-refractivity contribution in [1.82, 2.24) is 20.0 Å². The second kappa shape index (κ2) is 8.46. The van der Waals surface area contributed by atoms with Gasteiger partial charge in [0, 0.05) is 32.9 Å². The fourth-order valence-electron chi connectivity index (χ4n) is 3.83. The lowest BCUT2D eigenvalue weighted by Gasteiger charge is -2.21. The number of aryl methyl sites for hydroxylation is 3. The summed E-state index contributed by atoms with van der Waals surface area (Å²) < 4.78 is 1.87. The van der Waals surface area contributed by atoms with Gasteiger partial charge in [-0.05, 0) is 61.8 Å². The minimum absolute atomic E-state index is 0.382. The number of hydrogen-bond donors (Lipinski definition) is 2. The van der Waals surface area contributed by atoms with Crippen LogP contribution in [0.15, 0.2) is 29.5 Å². The Labute approximate surface area is 161 Å². The van der Waals surface area contributed by atoms with Gasteiger partial charge in [-0.25, -0.2) is 4.99 Å². The molecule has 1 unspecified atom stereocenters. The van der Waals surface area contributed by atoms with Gasteiger partial charge in [0.25, 0.3) is 0 Å². The number of nitrogens with one attached hydrogen (secondary N) is 1. The molecule has 1 aromatic carbocycles. The third-order valence-electron chi connectivity index (χ3n) is 5.17. The van der Waals surface area contributed by atoms with Gasteiger partial charge in [0.05, 0.1) is 12.7 Å². The molecule has 1 aromatic heterocycles. The summed E-state index contributed by atoms with van der Waals surface area (Å²) in [5.41, 5.74) is 4.25. The molecular formula is C21H31N5O. The Hall–Kier alpha value is -2.50. The Kier molecular flexibility index (Phi) is 6.04. The van der Waals surface area contributed by atoms with Gasteiger partial charge in [-0.3, -0.25) is 4.68 Å². The van der Waals surface area contributed by atoms with Gasteiger partial charge in [-0.15, -0.1) is 0 Å². The van der Waals surface area contributed by atoms with Crippen molar-refractivity contribution in [3.63, 3.8) is 0 Å². The SMILES string of the molecule is CCNC(=NCc1cc(C)c(O)c(C)c1)N1CCC(Cc2cnn(C)c2)C1. The smallest absolute Gasteiger partial charge is 0.194 e. The zero-order valence-electron chi connectivity index (χ0n) is 16.9. The summed E-state index contributed by atoms with van der Waals surface area (Å²) in [5.74, 6) is 2.00. The molecule has 2 aromatic rings. The molecule has 0 radical (unpaired) electrons. The third kappa shape index (κ3) is 4.81. The number of nitrogens with zero attached hydrogens (tertiary/aromatic N) is 4.